The van der Waals surface area contributed by atoms with Gasteiger partial charge in [0, 0.05) is 42.9 Å². The zero-order valence-corrected chi connectivity index (χ0v) is 15.7. The quantitative estimate of drug-likeness (QED) is 0.746. The van der Waals surface area contributed by atoms with Crippen LogP contribution in [0.3, 0.4) is 0 Å². The molecule has 0 spiro atoms. The second-order valence-electron chi connectivity index (χ2n) is 7.28. The first-order valence-corrected chi connectivity index (χ1v) is 9.60. The van der Waals surface area contributed by atoms with Crippen LogP contribution in [0.1, 0.15) is 42.5 Å². The average molecular weight is 357 g/mol. The zero-order valence-electron chi connectivity index (χ0n) is 15.7. The minimum absolute atomic E-state index is 0.178. The number of pyridine rings is 1. The van der Waals surface area contributed by atoms with E-state index in [9.17, 15) is 4.79 Å². The molecular formula is C20H27N3O3. The second-order valence-corrected chi connectivity index (χ2v) is 7.28. The van der Waals surface area contributed by atoms with Crippen LogP contribution in [-0.4, -0.2) is 53.3 Å². The molecule has 2 aromatic rings. The Morgan fingerprint density at radius 3 is 2.92 bits per heavy atom. The molecule has 0 saturated carbocycles. The summed E-state index contributed by atoms with van der Waals surface area (Å²) in [7, 11) is 0. The topological polar surface area (TPSA) is 56.6 Å². The summed E-state index contributed by atoms with van der Waals surface area (Å²) in [4.78, 5) is 19.2. The van der Waals surface area contributed by atoms with Crippen molar-refractivity contribution in [3.8, 4) is 0 Å². The molecule has 0 bridgehead atoms. The lowest BCUT2D eigenvalue weighted by Gasteiger charge is -2.29. The number of aryl methyl sites for hydroxylation is 1. The first-order valence-electron chi connectivity index (χ1n) is 9.60. The predicted octanol–water partition coefficient (Wildman–Crippen LogP) is 2.62. The van der Waals surface area contributed by atoms with Gasteiger partial charge in [-0.05, 0) is 30.5 Å². The van der Waals surface area contributed by atoms with Gasteiger partial charge in [0.15, 0.2) is 0 Å². The van der Waals surface area contributed by atoms with Crippen molar-refractivity contribution in [3.05, 3.63) is 29.1 Å². The molecule has 6 heteroatoms. The van der Waals surface area contributed by atoms with Crippen molar-refractivity contribution in [1.82, 2.24) is 14.5 Å². The van der Waals surface area contributed by atoms with Crippen molar-refractivity contribution in [2.45, 2.75) is 45.7 Å². The van der Waals surface area contributed by atoms with Gasteiger partial charge in [0.05, 0.1) is 32.8 Å². The summed E-state index contributed by atoms with van der Waals surface area (Å²) in [5.74, 6) is 0.654. The molecule has 1 saturated heterocycles. The molecule has 0 atom stereocenters. The first kappa shape index (κ1) is 17.5. The standard InChI is InChI=1S/C20H27N3O3/c1-3-7-25-8-4-19(24)22-5-6-23-18(11-22)14(2)17-9-15(10-21-20(17)23)16-12-26-13-16/h9-10,16H,3-8,11-13H2,1-2H3. The summed E-state index contributed by atoms with van der Waals surface area (Å²) in [6.07, 6.45) is 3.44. The summed E-state index contributed by atoms with van der Waals surface area (Å²) in [6, 6.07) is 2.26. The Labute approximate surface area is 154 Å². The van der Waals surface area contributed by atoms with Crippen LogP contribution in [0.4, 0.5) is 0 Å². The summed E-state index contributed by atoms with van der Waals surface area (Å²) in [6.45, 7) is 9.25. The van der Waals surface area contributed by atoms with Crippen molar-refractivity contribution >= 4 is 16.9 Å². The molecule has 4 rings (SSSR count). The largest absolute Gasteiger partial charge is 0.381 e. The molecule has 0 aromatic carbocycles. The third-order valence-electron chi connectivity index (χ3n) is 5.51. The van der Waals surface area contributed by atoms with Crippen LogP contribution < -0.4 is 0 Å². The van der Waals surface area contributed by atoms with E-state index in [1.54, 1.807) is 0 Å². The van der Waals surface area contributed by atoms with Crippen LogP contribution in [0, 0.1) is 6.92 Å². The molecule has 0 aliphatic carbocycles. The van der Waals surface area contributed by atoms with Gasteiger partial charge < -0.3 is 18.9 Å². The van der Waals surface area contributed by atoms with E-state index in [1.165, 1.54) is 22.2 Å². The lowest BCUT2D eigenvalue weighted by Crippen LogP contribution is -2.38. The van der Waals surface area contributed by atoms with E-state index in [0.717, 1.165) is 45.0 Å². The van der Waals surface area contributed by atoms with Gasteiger partial charge in [-0.25, -0.2) is 4.98 Å². The molecular weight excluding hydrogens is 330 g/mol. The Bertz CT molecular complexity index is 810. The smallest absolute Gasteiger partial charge is 0.225 e. The predicted molar refractivity (Wildman–Crippen MR) is 99.2 cm³/mol. The molecule has 140 valence electrons. The molecule has 1 amide bonds. The number of nitrogens with zero attached hydrogens (tertiary/aromatic N) is 3. The monoisotopic (exact) mass is 357 g/mol. The van der Waals surface area contributed by atoms with Crippen molar-refractivity contribution in [2.24, 2.45) is 0 Å². The minimum atomic E-state index is 0.178. The fourth-order valence-electron chi connectivity index (χ4n) is 3.80. The summed E-state index contributed by atoms with van der Waals surface area (Å²) >= 11 is 0. The van der Waals surface area contributed by atoms with E-state index in [-0.39, 0.29) is 5.91 Å². The van der Waals surface area contributed by atoms with Gasteiger partial charge in [0.1, 0.15) is 5.65 Å². The molecule has 2 aliphatic heterocycles. The van der Waals surface area contributed by atoms with Crippen molar-refractivity contribution < 1.29 is 14.3 Å². The Morgan fingerprint density at radius 2 is 2.19 bits per heavy atom. The highest BCUT2D eigenvalue weighted by Crippen LogP contribution is 2.32. The van der Waals surface area contributed by atoms with Crippen LogP contribution >= 0.6 is 0 Å². The number of carbonyl (C=O) groups is 1. The maximum Gasteiger partial charge on any atom is 0.225 e. The van der Waals surface area contributed by atoms with E-state index < -0.39 is 0 Å². The number of hydrogen-bond donors (Lipinski definition) is 0. The van der Waals surface area contributed by atoms with Crippen molar-refractivity contribution in [3.63, 3.8) is 0 Å². The van der Waals surface area contributed by atoms with Crippen LogP contribution in [-0.2, 0) is 27.4 Å². The third-order valence-corrected chi connectivity index (χ3v) is 5.51. The minimum Gasteiger partial charge on any atom is -0.381 e. The highest BCUT2D eigenvalue weighted by molar-refractivity contribution is 5.83. The number of aromatic nitrogens is 2. The Kier molecular flexibility index (Phi) is 4.96. The molecule has 0 N–H and O–H groups in total. The van der Waals surface area contributed by atoms with Crippen molar-refractivity contribution in [2.75, 3.05) is 33.0 Å². The number of amides is 1. The molecule has 2 aromatic heterocycles. The molecule has 26 heavy (non-hydrogen) atoms. The van der Waals surface area contributed by atoms with Crippen LogP contribution in [0.25, 0.3) is 11.0 Å². The van der Waals surface area contributed by atoms with Gasteiger partial charge in [-0.1, -0.05) is 6.92 Å². The fraction of sp³-hybridized carbons (Fsp3) is 0.600. The molecule has 0 unspecified atom stereocenters. The fourth-order valence-corrected chi connectivity index (χ4v) is 3.80. The lowest BCUT2D eigenvalue weighted by molar-refractivity contribution is -0.133. The van der Waals surface area contributed by atoms with E-state index in [4.69, 9.17) is 14.5 Å². The van der Waals surface area contributed by atoms with Gasteiger partial charge in [0.25, 0.3) is 0 Å². The van der Waals surface area contributed by atoms with Gasteiger partial charge in [-0.15, -0.1) is 0 Å². The van der Waals surface area contributed by atoms with E-state index >= 15 is 0 Å². The summed E-state index contributed by atoms with van der Waals surface area (Å²) < 4.78 is 13.1. The Hall–Kier alpha value is -1.92. The zero-order chi connectivity index (χ0) is 18.1. The van der Waals surface area contributed by atoms with E-state index in [2.05, 4.69) is 24.5 Å². The number of ether oxygens (including phenoxy) is 2. The lowest BCUT2D eigenvalue weighted by atomic mass is 9.98. The van der Waals surface area contributed by atoms with Gasteiger partial charge in [-0.3, -0.25) is 4.79 Å². The van der Waals surface area contributed by atoms with Crippen LogP contribution in [0.5, 0.6) is 0 Å². The molecule has 6 nitrogen and oxygen atoms in total. The average Bonchev–Trinajstić information content (AvgIpc) is 2.89. The maximum absolute atomic E-state index is 12.5. The van der Waals surface area contributed by atoms with Gasteiger partial charge in [0.2, 0.25) is 5.91 Å². The molecule has 2 aliphatic rings. The van der Waals surface area contributed by atoms with E-state index in [0.29, 0.717) is 25.5 Å². The number of rotatable bonds is 6. The second kappa shape index (κ2) is 7.37. The molecule has 4 heterocycles. The number of fused-ring (bicyclic) bond motifs is 3. The Balaban J connectivity index is 1.52. The summed E-state index contributed by atoms with van der Waals surface area (Å²) in [5, 5.41) is 1.21. The third kappa shape index (κ3) is 3.12. The van der Waals surface area contributed by atoms with E-state index in [1.807, 2.05) is 11.1 Å². The highest BCUT2D eigenvalue weighted by Gasteiger charge is 2.27. The first-order chi connectivity index (χ1) is 12.7. The normalized spacial score (nSPS) is 17.4. The Morgan fingerprint density at radius 1 is 1.35 bits per heavy atom. The summed E-state index contributed by atoms with van der Waals surface area (Å²) in [5.41, 5.74) is 4.76. The van der Waals surface area contributed by atoms with Gasteiger partial charge >= 0.3 is 0 Å². The van der Waals surface area contributed by atoms with Crippen molar-refractivity contribution in [1.29, 1.82) is 0 Å². The SMILES string of the molecule is CCCOCCC(=O)N1CCn2c(c(C)c3cc(C4COC4)cnc32)C1. The molecule has 0 radical (unpaired) electrons. The van der Waals surface area contributed by atoms with Gasteiger partial charge in [-0.2, -0.15) is 0 Å². The molecule has 1 fully saturated rings. The highest BCUT2D eigenvalue weighted by atomic mass is 16.5. The van der Waals surface area contributed by atoms with Crippen LogP contribution in [0.2, 0.25) is 0 Å². The number of hydrogen-bond acceptors (Lipinski definition) is 4. The van der Waals surface area contributed by atoms with Crippen LogP contribution in [0.15, 0.2) is 12.3 Å². The maximum atomic E-state index is 12.5. The number of carbonyl (C=O) groups excluding carboxylic acids is 1.